The largest absolute Gasteiger partial charge is 0.384 e. The van der Waals surface area contributed by atoms with Crippen LogP contribution in [0.25, 0.3) is 0 Å². The number of hydrogen-bond donors (Lipinski definition) is 3. The van der Waals surface area contributed by atoms with E-state index in [0.29, 0.717) is 11.1 Å². The SMILES string of the molecule is Cc1ccc(C(=O)NC(C)C(N)=O)c(C#CCO)c1. The van der Waals surface area contributed by atoms with E-state index in [1.165, 1.54) is 6.92 Å². The van der Waals surface area contributed by atoms with Crippen LogP contribution >= 0.6 is 0 Å². The Morgan fingerprint density at radius 2 is 2.16 bits per heavy atom. The Bertz CT molecular complexity index is 556. The molecule has 0 bridgehead atoms. The monoisotopic (exact) mass is 260 g/mol. The average molecular weight is 260 g/mol. The van der Waals surface area contributed by atoms with E-state index in [1.807, 2.05) is 6.92 Å². The highest BCUT2D eigenvalue weighted by Gasteiger charge is 2.15. The molecule has 0 fully saturated rings. The molecular weight excluding hydrogens is 244 g/mol. The Kier molecular flexibility index (Phi) is 5.10. The highest BCUT2D eigenvalue weighted by molar-refractivity contribution is 5.99. The second kappa shape index (κ2) is 6.57. The van der Waals surface area contributed by atoms with Crippen molar-refractivity contribution in [1.29, 1.82) is 0 Å². The van der Waals surface area contributed by atoms with Crippen LogP contribution in [0.3, 0.4) is 0 Å². The molecule has 1 unspecified atom stereocenters. The predicted octanol–water partition coefficient (Wildman–Crippen LogP) is -0.0576. The molecule has 5 nitrogen and oxygen atoms in total. The van der Waals surface area contributed by atoms with Crippen LogP contribution in [0.5, 0.6) is 0 Å². The number of aliphatic hydroxyl groups excluding tert-OH is 1. The van der Waals surface area contributed by atoms with E-state index in [4.69, 9.17) is 10.8 Å². The van der Waals surface area contributed by atoms with E-state index < -0.39 is 17.9 Å². The van der Waals surface area contributed by atoms with E-state index in [1.54, 1.807) is 18.2 Å². The van der Waals surface area contributed by atoms with Gasteiger partial charge in [-0.15, -0.1) is 0 Å². The Balaban J connectivity index is 3.05. The number of primary amides is 1. The van der Waals surface area contributed by atoms with Crippen molar-refractivity contribution in [3.8, 4) is 11.8 Å². The molecule has 0 aliphatic heterocycles. The van der Waals surface area contributed by atoms with Crippen LogP contribution in [0.15, 0.2) is 18.2 Å². The summed E-state index contributed by atoms with van der Waals surface area (Å²) in [4.78, 5) is 22.9. The molecule has 5 heteroatoms. The van der Waals surface area contributed by atoms with Gasteiger partial charge < -0.3 is 16.2 Å². The van der Waals surface area contributed by atoms with Crippen LogP contribution in [0.4, 0.5) is 0 Å². The van der Waals surface area contributed by atoms with E-state index in [0.717, 1.165) is 5.56 Å². The number of hydrogen-bond acceptors (Lipinski definition) is 3. The van der Waals surface area contributed by atoms with Gasteiger partial charge in [-0.1, -0.05) is 17.9 Å². The summed E-state index contributed by atoms with van der Waals surface area (Å²) in [7, 11) is 0. The lowest BCUT2D eigenvalue weighted by molar-refractivity contribution is -0.119. The van der Waals surface area contributed by atoms with Crippen LogP contribution in [0, 0.1) is 18.8 Å². The first-order valence-electron chi connectivity index (χ1n) is 5.76. The molecule has 4 N–H and O–H groups in total. The molecule has 1 atom stereocenters. The molecule has 0 aromatic heterocycles. The second-order valence-corrected chi connectivity index (χ2v) is 4.11. The Morgan fingerprint density at radius 3 is 2.74 bits per heavy atom. The van der Waals surface area contributed by atoms with Crippen LogP contribution in [0.1, 0.15) is 28.4 Å². The van der Waals surface area contributed by atoms with Gasteiger partial charge in [0.05, 0.1) is 5.56 Å². The number of benzene rings is 1. The zero-order valence-corrected chi connectivity index (χ0v) is 10.9. The van der Waals surface area contributed by atoms with Gasteiger partial charge in [-0.2, -0.15) is 0 Å². The molecule has 0 saturated heterocycles. The first-order valence-corrected chi connectivity index (χ1v) is 5.76. The number of rotatable bonds is 3. The normalized spacial score (nSPS) is 11.1. The summed E-state index contributed by atoms with van der Waals surface area (Å²) in [6.07, 6.45) is 0. The summed E-state index contributed by atoms with van der Waals surface area (Å²) in [5, 5.41) is 11.2. The molecule has 1 aromatic carbocycles. The summed E-state index contributed by atoms with van der Waals surface area (Å²) < 4.78 is 0. The molecule has 0 heterocycles. The summed E-state index contributed by atoms with van der Waals surface area (Å²) >= 11 is 0. The highest BCUT2D eigenvalue weighted by Crippen LogP contribution is 2.11. The number of aliphatic hydroxyl groups is 1. The molecule has 1 rings (SSSR count). The molecule has 0 spiro atoms. The number of carbonyl (C=O) groups excluding carboxylic acids is 2. The molecule has 1 aromatic rings. The summed E-state index contributed by atoms with van der Waals surface area (Å²) in [6.45, 7) is 3.10. The van der Waals surface area contributed by atoms with Gasteiger partial charge >= 0.3 is 0 Å². The van der Waals surface area contributed by atoms with Crippen LogP contribution in [0.2, 0.25) is 0 Å². The van der Waals surface area contributed by atoms with Crippen molar-refractivity contribution in [3.63, 3.8) is 0 Å². The van der Waals surface area contributed by atoms with Crippen molar-refractivity contribution >= 4 is 11.8 Å². The van der Waals surface area contributed by atoms with E-state index >= 15 is 0 Å². The zero-order chi connectivity index (χ0) is 14.4. The van der Waals surface area contributed by atoms with Crippen molar-refractivity contribution in [2.75, 3.05) is 6.61 Å². The number of nitrogens with one attached hydrogen (secondary N) is 1. The molecule has 100 valence electrons. The van der Waals surface area contributed by atoms with Crippen molar-refractivity contribution in [2.45, 2.75) is 19.9 Å². The number of aryl methyl sites for hydroxylation is 1. The standard InChI is InChI=1S/C14H16N2O3/c1-9-5-6-12(11(8-9)4-3-7-17)14(19)16-10(2)13(15)18/h5-6,8,10,17H,7H2,1-2H3,(H2,15,18)(H,16,19). The summed E-state index contributed by atoms with van der Waals surface area (Å²) in [5.41, 5.74) is 6.89. The first kappa shape index (κ1) is 14.7. The van der Waals surface area contributed by atoms with Gasteiger partial charge in [0.25, 0.3) is 5.91 Å². The van der Waals surface area contributed by atoms with Crippen LogP contribution in [-0.2, 0) is 4.79 Å². The zero-order valence-electron chi connectivity index (χ0n) is 10.9. The lowest BCUT2D eigenvalue weighted by Crippen LogP contribution is -2.42. The van der Waals surface area contributed by atoms with Crippen molar-refractivity contribution in [2.24, 2.45) is 5.73 Å². The fourth-order valence-electron chi connectivity index (χ4n) is 1.44. The molecule has 0 saturated carbocycles. The third kappa shape index (κ3) is 4.12. The lowest BCUT2D eigenvalue weighted by Gasteiger charge is -2.11. The second-order valence-electron chi connectivity index (χ2n) is 4.11. The molecule has 0 radical (unpaired) electrons. The number of carbonyl (C=O) groups is 2. The smallest absolute Gasteiger partial charge is 0.253 e. The van der Waals surface area contributed by atoms with E-state index in [9.17, 15) is 9.59 Å². The van der Waals surface area contributed by atoms with Crippen LogP contribution in [-0.4, -0.2) is 29.6 Å². The van der Waals surface area contributed by atoms with Gasteiger partial charge in [0.15, 0.2) is 0 Å². The lowest BCUT2D eigenvalue weighted by atomic mass is 10.0. The third-order valence-electron chi connectivity index (χ3n) is 2.50. The van der Waals surface area contributed by atoms with Crippen molar-refractivity contribution < 1.29 is 14.7 Å². The topological polar surface area (TPSA) is 92.4 Å². The molecular formula is C14H16N2O3. The third-order valence-corrected chi connectivity index (χ3v) is 2.50. The minimum absolute atomic E-state index is 0.285. The van der Waals surface area contributed by atoms with E-state index in [-0.39, 0.29) is 6.61 Å². The van der Waals surface area contributed by atoms with Gasteiger partial charge in [0.2, 0.25) is 5.91 Å². The first-order chi connectivity index (χ1) is 8.95. The van der Waals surface area contributed by atoms with Gasteiger partial charge in [0.1, 0.15) is 12.6 Å². The van der Waals surface area contributed by atoms with Gasteiger partial charge in [0, 0.05) is 5.56 Å². The molecule has 2 amide bonds. The fraction of sp³-hybridized carbons (Fsp3) is 0.286. The fourth-order valence-corrected chi connectivity index (χ4v) is 1.44. The highest BCUT2D eigenvalue weighted by atomic mass is 16.2. The van der Waals surface area contributed by atoms with Crippen molar-refractivity contribution in [1.82, 2.24) is 5.32 Å². The molecule has 0 aliphatic rings. The number of nitrogens with two attached hydrogens (primary N) is 1. The Labute approximate surface area is 111 Å². The van der Waals surface area contributed by atoms with Crippen molar-refractivity contribution in [3.05, 3.63) is 34.9 Å². The van der Waals surface area contributed by atoms with Gasteiger partial charge in [-0.3, -0.25) is 9.59 Å². The Morgan fingerprint density at radius 1 is 1.47 bits per heavy atom. The minimum Gasteiger partial charge on any atom is -0.384 e. The maximum Gasteiger partial charge on any atom is 0.253 e. The van der Waals surface area contributed by atoms with Gasteiger partial charge in [-0.25, -0.2) is 0 Å². The predicted molar refractivity (Wildman–Crippen MR) is 71.3 cm³/mol. The Hall–Kier alpha value is -2.32. The molecule has 0 aliphatic carbocycles. The maximum absolute atomic E-state index is 12.0. The average Bonchev–Trinajstić information content (AvgIpc) is 2.35. The summed E-state index contributed by atoms with van der Waals surface area (Å²) in [5.74, 6) is 4.18. The number of amides is 2. The minimum atomic E-state index is -0.757. The van der Waals surface area contributed by atoms with E-state index in [2.05, 4.69) is 17.2 Å². The van der Waals surface area contributed by atoms with Crippen LogP contribution < -0.4 is 11.1 Å². The maximum atomic E-state index is 12.0. The molecule has 19 heavy (non-hydrogen) atoms. The quantitative estimate of drug-likeness (QED) is 0.665. The summed E-state index contributed by atoms with van der Waals surface area (Å²) in [6, 6.07) is 4.38. The van der Waals surface area contributed by atoms with Gasteiger partial charge in [-0.05, 0) is 31.5 Å².